The maximum atomic E-state index is 13.5. The van der Waals surface area contributed by atoms with Crippen molar-refractivity contribution in [2.45, 2.75) is 84.8 Å². The summed E-state index contributed by atoms with van der Waals surface area (Å²) in [5.41, 5.74) is 3.92. The van der Waals surface area contributed by atoms with Crippen LogP contribution in [-0.2, 0) is 16.1 Å². The lowest BCUT2D eigenvalue weighted by molar-refractivity contribution is -0.143. The SMILES string of the molecule is CC[C@@H](C(=O)NC1CCCCC1)N(Cc1ccccc1C)C(=O)COc1cc(C)c(Cl)c(C)c1. The van der Waals surface area contributed by atoms with E-state index in [9.17, 15) is 9.59 Å². The van der Waals surface area contributed by atoms with Gasteiger partial charge in [0, 0.05) is 17.6 Å². The number of carbonyl (C=O) groups excluding carboxylic acids is 2. The maximum Gasteiger partial charge on any atom is 0.261 e. The number of amides is 2. The van der Waals surface area contributed by atoms with Crippen molar-refractivity contribution in [3.05, 3.63) is 63.7 Å². The van der Waals surface area contributed by atoms with Crippen molar-refractivity contribution in [3.63, 3.8) is 0 Å². The molecule has 2 aromatic rings. The molecule has 1 atom stereocenters. The van der Waals surface area contributed by atoms with E-state index in [-0.39, 0.29) is 24.5 Å². The summed E-state index contributed by atoms with van der Waals surface area (Å²) in [7, 11) is 0. The Bertz CT molecular complexity index is 978. The summed E-state index contributed by atoms with van der Waals surface area (Å²) in [6.07, 6.45) is 6.05. The summed E-state index contributed by atoms with van der Waals surface area (Å²) >= 11 is 6.27. The highest BCUT2D eigenvalue weighted by Crippen LogP contribution is 2.26. The Morgan fingerprint density at radius 2 is 1.71 bits per heavy atom. The van der Waals surface area contributed by atoms with Gasteiger partial charge in [0.25, 0.3) is 5.91 Å². The van der Waals surface area contributed by atoms with Crippen LogP contribution in [0.2, 0.25) is 5.02 Å². The minimum atomic E-state index is -0.550. The number of halogens is 1. The van der Waals surface area contributed by atoms with Crippen molar-refractivity contribution < 1.29 is 14.3 Å². The molecule has 0 aromatic heterocycles. The van der Waals surface area contributed by atoms with Gasteiger partial charge in [-0.2, -0.15) is 0 Å². The Morgan fingerprint density at radius 1 is 1.06 bits per heavy atom. The highest BCUT2D eigenvalue weighted by Gasteiger charge is 2.30. The zero-order chi connectivity index (χ0) is 24.7. The van der Waals surface area contributed by atoms with Gasteiger partial charge in [-0.3, -0.25) is 9.59 Å². The van der Waals surface area contributed by atoms with Gasteiger partial charge >= 0.3 is 0 Å². The molecule has 0 heterocycles. The van der Waals surface area contributed by atoms with E-state index in [2.05, 4.69) is 5.32 Å². The van der Waals surface area contributed by atoms with Crippen LogP contribution in [0.25, 0.3) is 0 Å². The van der Waals surface area contributed by atoms with Crippen LogP contribution in [0.15, 0.2) is 36.4 Å². The summed E-state index contributed by atoms with van der Waals surface area (Å²) < 4.78 is 5.88. The summed E-state index contributed by atoms with van der Waals surface area (Å²) in [6.45, 7) is 8.03. The first-order valence-electron chi connectivity index (χ1n) is 12.3. The van der Waals surface area contributed by atoms with Crippen molar-refractivity contribution in [3.8, 4) is 5.75 Å². The smallest absolute Gasteiger partial charge is 0.261 e. The van der Waals surface area contributed by atoms with E-state index in [1.54, 1.807) is 4.90 Å². The Labute approximate surface area is 208 Å². The van der Waals surface area contributed by atoms with Gasteiger partial charge < -0.3 is 15.0 Å². The van der Waals surface area contributed by atoms with Crippen molar-refractivity contribution in [1.82, 2.24) is 10.2 Å². The lowest BCUT2D eigenvalue weighted by Crippen LogP contribution is -2.52. The first kappa shape index (κ1) is 26.1. The van der Waals surface area contributed by atoms with Gasteiger partial charge in [0.1, 0.15) is 11.8 Å². The van der Waals surface area contributed by atoms with E-state index in [0.717, 1.165) is 47.9 Å². The molecule has 0 aliphatic heterocycles. The standard InChI is InChI=1S/C28H37ClN2O3/c1-5-25(28(33)30-23-13-7-6-8-14-23)31(17-22-12-10-9-11-19(22)2)26(32)18-34-24-15-20(3)27(29)21(4)16-24/h9-12,15-16,23,25H,5-8,13-14,17-18H2,1-4H3,(H,30,33)/t25-/m0/s1. The average molecular weight is 485 g/mol. The van der Waals surface area contributed by atoms with E-state index >= 15 is 0 Å². The quantitative estimate of drug-likeness (QED) is 0.482. The molecule has 1 N–H and O–H groups in total. The van der Waals surface area contributed by atoms with Gasteiger partial charge in [0.15, 0.2) is 6.61 Å². The highest BCUT2D eigenvalue weighted by molar-refractivity contribution is 6.32. The number of nitrogens with one attached hydrogen (secondary N) is 1. The van der Waals surface area contributed by atoms with Crippen molar-refractivity contribution in [2.24, 2.45) is 0 Å². The molecule has 0 spiro atoms. The van der Waals surface area contributed by atoms with Crippen LogP contribution in [0.3, 0.4) is 0 Å². The number of hydrogen-bond acceptors (Lipinski definition) is 3. The Morgan fingerprint density at radius 3 is 2.32 bits per heavy atom. The Kier molecular flexibility index (Phi) is 9.40. The van der Waals surface area contributed by atoms with Gasteiger partial charge in [-0.1, -0.05) is 62.1 Å². The largest absolute Gasteiger partial charge is 0.484 e. The molecule has 0 radical (unpaired) electrons. The number of carbonyl (C=O) groups is 2. The molecule has 2 amide bonds. The first-order chi connectivity index (χ1) is 16.3. The van der Waals surface area contributed by atoms with E-state index in [4.69, 9.17) is 16.3 Å². The molecule has 6 heteroatoms. The van der Waals surface area contributed by atoms with E-state index < -0.39 is 6.04 Å². The third-order valence-electron chi connectivity index (χ3n) is 6.71. The topological polar surface area (TPSA) is 58.6 Å². The molecular weight excluding hydrogens is 448 g/mol. The number of benzene rings is 2. The number of hydrogen-bond donors (Lipinski definition) is 1. The second kappa shape index (κ2) is 12.3. The van der Waals surface area contributed by atoms with Crippen LogP contribution < -0.4 is 10.1 Å². The van der Waals surface area contributed by atoms with Crippen LogP contribution in [0.5, 0.6) is 5.75 Å². The zero-order valence-electron chi connectivity index (χ0n) is 20.8. The van der Waals surface area contributed by atoms with Crippen LogP contribution in [0, 0.1) is 20.8 Å². The van der Waals surface area contributed by atoms with E-state index in [1.165, 1.54) is 6.42 Å². The second-order valence-electron chi connectivity index (χ2n) is 9.38. The number of ether oxygens (including phenoxy) is 1. The fraction of sp³-hybridized carbons (Fsp3) is 0.500. The van der Waals surface area contributed by atoms with Crippen molar-refractivity contribution in [2.75, 3.05) is 6.61 Å². The molecule has 0 bridgehead atoms. The predicted octanol–water partition coefficient (Wildman–Crippen LogP) is 5.90. The number of aryl methyl sites for hydroxylation is 3. The third kappa shape index (κ3) is 6.75. The molecule has 1 fully saturated rings. The van der Waals surface area contributed by atoms with Gasteiger partial charge in [0.05, 0.1) is 0 Å². The molecule has 3 rings (SSSR count). The summed E-state index contributed by atoms with van der Waals surface area (Å²) in [6, 6.07) is 11.3. The average Bonchev–Trinajstić information content (AvgIpc) is 2.82. The van der Waals surface area contributed by atoms with Crippen LogP contribution in [0.4, 0.5) is 0 Å². The van der Waals surface area contributed by atoms with E-state index in [0.29, 0.717) is 23.7 Å². The molecule has 2 aromatic carbocycles. The van der Waals surface area contributed by atoms with Crippen LogP contribution in [-0.4, -0.2) is 35.4 Å². The fourth-order valence-corrected chi connectivity index (χ4v) is 4.76. The molecule has 1 aliphatic carbocycles. The van der Waals surface area contributed by atoms with Crippen molar-refractivity contribution >= 4 is 23.4 Å². The molecule has 0 saturated heterocycles. The van der Waals surface area contributed by atoms with Gasteiger partial charge in [0.2, 0.25) is 5.91 Å². The Hall–Kier alpha value is -2.53. The lowest BCUT2D eigenvalue weighted by Gasteiger charge is -2.33. The zero-order valence-corrected chi connectivity index (χ0v) is 21.6. The first-order valence-corrected chi connectivity index (χ1v) is 12.7. The summed E-state index contributed by atoms with van der Waals surface area (Å²) in [4.78, 5) is 28.4. The number of nitrogens with zero attached hydrogens (tertiary/aromatic N) is 1. The maximum absolute atomic E-state index is 13.5. The predicted molar refractivity (Wildman–Crippen MR) is 137 cm³/mol. The lowest BCUT2D eigenvalue weighted by atomic mass is 9.95. The third-order valence-corrected chi connectivity index (χ3v) is 7.31. The van der Waals surface area contributed by atoms with Gasteiger partial charge in [-0.25, -0.2) is 0 Å². The molecule has 1 saturated carbocycles. The molecular formula is C28H37ClN2O3. The van der Waals surface area contributed by atoms with Gasteiger partial charge in [-0.05, 0) is 74.4 Å². The molecule has 184 valence electrons. The summed E-state index contributed by atoms with van der Waals surface area (Å²) in [5, 5.41) is 3.91. The highest BCUT2D eigenvalue weighted by atomic mass is 35.5. The fourth-order valence-electron chi connectivity index (χ4n) is 4.65. The molecule has 5 nitrogen and oxygen atoms in total. The Balaban J connectivity index is 1.79. The number of rotatable bonds is 9. The van der Waals surface area contributed by atoms with Crippen LogP contribution >= 0.6 is 11.6 Å². The van der Waals surface area contributed by atoms with Gasteiger partial charge in [-0.15, -0.1) is 0 Å². The molecule has 34 heavy (non-hydrogen) atoms. The summed E-state index contributed by atoms with van der Waals surface area (Å²) in [5.74, 6) is 0.317. The molecule has 1 aliphatic rings. The minimum Gasteiger partial charge on any atom is -0.484 e. The van der Waals surface area contributed by atoms with Crippen LogP contribution in [0.1, 0.15) is 67.7 Å². The normalized spacial score (nSPS) is 15.0. The molecule has 0 unspecified atom stereocenters. The van der Waals surface area contributed by atoms with Crippen molar-refractivity contribution in [1.29, 1.82) is 0 Å². The van der Waals surface area contributed by atoms with E-state index in [1.807, 2.05) is 64.1 Å². The second-order valence-corrected chi connectivity index (χ2v) is 9.75. The monoisotopic (exact) mass is 484 g/mol. The minimum absolute atomic E-state index is 0.0745.